The van der Waals surface area contributed by atoms with Crippen LogP contribution in [0.2, 0.25) is 5.15 Å². The predicted molar refractivity (Wildman–Crippen MR) is 76.3 cm³/mol. The first-order valence-electron chi connectivity index (χ1n) is 6.16. The summed E-state index contributed by atoms with van der Waals surface area (Å²) in [5.74, 6) is 2.67. The number of hydrogen-bond donors (Lipinski definition) is 1. The van der Waals surface area contributed by atoms with Crippen molar-refractivity contribution >= 4 is 29.2 Å². The number of halogens is 1. The second-order valence-electron chi connectivity index (χ2n) is 4.29. The van der Waals surface area contributed by atoms with E-state index in [0.29, 0.717) is 22.8 Å². The molecule has 1 atom stereocenters. The second-order valence-corrected chi connectivity index (χ2v) is 6.09. The van der Waals surface area contributed by atoms with E-state index in [0.717, 1.165) is 12.4 Å². The Labute approximate surface area is 117 Å². The van der Waals surface area contributed by atoms with Crippen molar-refractivity contribution < 1.29 is 4.74 Å². The molecule has 1 unspecified atom stereocenters. The fourth-order valence-electron chi connectivity index (χ4n) is 1.94. The Hall–Kier alpha value is -0.520. The third kappa shape index (κ3) is 4.30. The van der Waals surface area contributed by atoms with Crippen LogP contribution in [-0.2, 0) is 11.3 Å². The number of nitrogens with zero attached hydrogens (tertiary/aromatic N) is 2. The highest BCUT2D eigenvalue weighted by molar-refractivity contribution is 7.99. The summed E-state index contributed by atoms with van der Waals surface area (Å²) in [6, 6.07) is 1.76. The molecule has 0 aliphatic carbocycles. The van der Waals surface area contributed by atoms with E-state index in [4.69, 9.17) is 16.3 Å². The van der Waals surface area contributed by atoms with Gasteiger partial charge in [-0.25, -0.2) is 9.97 Å². The van der Waals surface area contributed by atoms with Gasteiger partial charge in [-0.1, -0.05) is 18.0 Å². The molecule has 0 radical (unpaired) electrons. The minimum absolute atomic E-state index is 0.382. The number of aromatic nitrogens is 2. The highest BCUT2D eigenvalue weighted by Crippen LogP contribution is 2.25. The van der Waals surface area contributed by atoms with Gasteiger partial charge in [0.05, 0.1) is 0 Å². The highest BCUT2D eigenvalue weighted by Gasteiger charge is 2.14. The molecule has 18 heavy (non-hydrogen) atoms. The van der Waals surface area contributed by atoms with Crippen LogP contribution < -0.4 is 5.32 Å². The van der Waals surface area contributed by atoms with Gasteiger partial charge in [-0.05, 0) is 18.6 Å². The largest absolute Gasteiger partial charge is 0.377 e. The summed E-state index contributed by atoms with van der Waals surface area (Å²) in [5.41, 5.74) is 0. The van der Waals surface area contributed by atoms with Crippen LogP contribution in [0.1, 0.15) is 25.1 Å². The maximum absolute atomic E-state index is 5.96. The number of thioether (sulfide) groups is 1. The van der Waals surface area contributed by atoms with Gasteiger partial charge < -0.3 is 10.1 Å². The summed E-state index contributed by atoms with van der Waals surface area (Å²) in [6.07, 6.45) is 3.96. The summed E-state index contributed by atoms with van der Waals surface area (Å²) < 4.78 is 5.02. The number of rotatable bonds is 5. The van der Waals surface area contributed by atoms with Crippen molar-refractivity contribution in [2.24, 2.45) is 0 Å². The zero-order valence-corrected chi connectivity index (χ0v) is 12.1. The third-order valence-corrected chi connectivity index (χ3v) is 4.39. The van der Waals surface area contributed by atoms with Crippen molar-refractivity contribution in [2.75, 3.05) is 24.7 Å². The molecule has 0 bridgehead atoms. The molecule has 1 aromatic heterocycles. The van der Waals surface area contributed by atoms with Gasteiger partial charge in [-0.2, -0.15) is 11.8 Å². The van der Waals surface area contributed by atoms with Gasteiger partial charge in [0.2, 0.25) is 0 Å². The summed E-state index contributed by atoms with van der Waals surface area (Å²) >= 11 is 7.99. The summed E-state index contributed by atoms with van der Waals surface area (Å²) in [5, 5.41) is 4.48. The van der Waals surface area contributed by atoms with Crippen LogP contribution in [0.4, 0.5) is 5.82 Å². The van der Waals surface area contributed by atoms with E-state index in [9.17, 15) is 0 Å². The van der Waals surface area contributed by atoms with Crippen molar-refractivity contribution in [1.82, 2.24) is 9.97 Å². The number of hydrogen-bond acceptors (Lipinski definition) is 5. The van der Waals surface area contributed by atoms with Gasteiger partial charge >= 0.3 is 0 Å². The van der Waals surface area contributed by atoms with E-state index in [1.165, 1.54) is 25.0 Å². The Kier molecular flexibility index (Phi) is 5.53. The number of nitrogens with one attached hydrogen (secondary N) is 1. The normalized spacial score (nSPS) is 19.8. The minimum Gasteiger partial charge on any atom is -0.377 e. The molecular weight excluding hydrogens is 270 g/mol. The van der Waals surface area contributed by atoms with Gasteiger partial charge in [-0.15, -0.1) is 0 Å². The lowest BCUT2D eigenvalue weighted by molar-refractivity contribution is 0.178. The fourth-order valence-corrected chi connectivity index (χ4v) is 3.38. The monoisotopic (exact) mass is 287 g/mol. The average molecular weight is 288 g/mol. The van der Waals surface area contributed by atoms with Crippen LogP contribution in [0.3, 0.4) is 0 Å². The molecule has 0 aromatic carbocycles. The van der Waals surface area contributed by atoms with E-state index in [1.807, 2.05) is 11.8 Å². The third-order valence-electron chi connectivity index (χ3n) is 2.80. The Morgan fingerprint density at radius 2 is 2.39 bits per heavy atom. The van der Waals surface area contributed by atoms with Crippen molar-refractivity contribution in [3.8, 4) is 0 Å². The van der Waals surface area contributed by atoms with Crippen LogP contribution >= 0.6 is 23.4 Å². The minimum atomic E-state index is 0.382. The van der Waals surface area contributed by atoms with Crippen LogP contribution in [0.15, 0.2) is 6.07 Å². The number of methoxy groups -OCH3 is 1. The van der Waals surface area contributed by atoms with Gasteiger partial charge in [0.1, 0.15) is 17.6 Å². The zero-order chi connectivity index (χ0) is 12.8. The maximum atomic E-state index is 5.96. The molecule has 0 spiro atoms. The van der Waals surface area contributed by atoms with Crippen molar-refractivity contribution in [3.63, 3.8) is 0 Å². The molecule has 6 heteroatoms. The Morgan fingerprint density at radius 3 is 3.11 bits per heavy atom. The second kappa shape index (κ2) is 7.16. The van der Waals surface area contributed by atoms with Crippen LogP contribution in [0.25, 0.3) is 0 Å². The molecule has 1 fully saturated rings. The maximum Gasteiger partial charge on any atom is 0.158 e. The van der Waals surface area contributed by atoms with E-state index in [-0.39, 0.29) is 0 Å². The van der Waals surface area contributed by atoms with Crippen molar-refractivity contribution in [3.05, 3.63) is 17.0 Å². The zero-order valence-electron chi connectivity index (χ0n) is 10.5. The summed E-state index contributed by atoms with van der Waals surface area (Å²) in [4.78, 5) is 8.47. The van der Waals surface area contributed by atoms with Gasteiger partial charge in [-0.3, -0.25) is 0 Å². The highest BCUT2D eigenvalue weighted by atomic mass is 35.5. The number of anilines is 1. The van der Waals surface area contributed by atoms with Gasteiger partial charge in [0, 0.05) is 25.0 Å². The molecular formula is C12H18ClN3OS. The lowest BCUT2D eigenvalue weighted by Gasteiger charge is -2.21. The van der Waals surface area contributed by atoms with Gasteiger partial charge in [0.15, 0.2) is 5.82 Å². The van der Waals surface area contributed by atoms with Gasteiger partial charge in [0.25, 0.3) is 0 Å². The SMILES string of the molecule is COCc1nc(Cl)cc(NCC2CCCCS2)n1. The molecule has 1 aliphatic rings. The molecule has 1 aliphatic heterocycles. The molecule has 1 N–H and O–H groups in total. The standard InChI is InChI=1S/C12H18ClN3OS/c1-17-8-12-15-10(13)6-11(16-12)14-7-9-4-2-3-5-18-9/h6,9H,2-5,7-8H2,1H3,(H,14,15,16). The first kappa shape index (κ1) is 13.9. The van der Waals surface area contributed by atoms with Crippen LogP contribution in [0.5, 0.6) is 0 Å². The quantitative estimate of drug-likeness (QED) is 0.844. The van der Waals surface area contributed by atoms with E-state index in [1.54, 1.807) is 13.2 Å². The Bertz CT molecular complexity index is 386. The van der Waals surface area contributed by atoms with E-state index >= 15 is 0 Å². The Morgan fingerprint density at radius 1 is 1.50 bits per heavy atom. The smallest absolute Gasteiger partial charge is 0.158 e. The molecule has 0 amide bonds. The molecule has 100 valence electrons. The van der Waals surface area contributed by atoms with Crippen LogP contribution in [0, 0.1) is 0 Å². The van der Waals surface area contributed by atoms with Crippen molar-refractivity contribution in [1.29, 1.82) is 0 Å². The molecule has 2 heterocycles. The fraction of sp³-hybridized carbons (Fsp3) is 0.667. The summed E-state index contributed by atoms with van der Waals surface area (Å²) in [6.45, 7) is 1.32. The molecule has 0 saturated carbocycles. The lowest BCUT2D eigenvalue weighted by Crippen LogP contribution is -2.20. The molecule has 2 rings (SSSR count). The Balaban J connectivity index is 1.91. The molecule has 1 saturated heterocycles. The molecule has 4 nitrogen and oxygen atoms in total. The van der Waals surface area contributed by atoms with Crippen molar-refractivity contribution in [2.45, 2.75) is 31.1 Å². The number of ether oxygens (including phenoxy) is 1. The van der Waals surface area contributed by atoms with E-state index < -0.39 is 0 Å². The summed E-state index contributed by atoms with van der Waals surface area (Å²) in [7, 11) is 1.62. The topological polar surface area (TPSA) is 47.0 Å². The lowest BCUT2D eigenvalue weighted by atomic mass is 10.2. The van der Waals surface area contributed by atoms with Crippen LogP contribution in [-0.4, -0.2) is 34.6 Å². The average Bonchev–Trinajstić information content (AvgIpc) is 2.37. The first-order chi connectivity index (χ1) is 8.78. The molecule has 1 aromatic rings. The first-order valence-corrected chi connectivity index (χ1v) is 7.58. The predicted octanol–water partition coefficient (Wildman–Crippen LogP) is 2.97. The van der Waals surface area contributed by atoms with E-state index in [2.05, 4.69) is 15.3 Å².